The molecule has 1 aromatic rings. The fourth-order valence-corrected chi connectivity index (χ4v) is 5.87. The summed E-state index contributed by atoms with van der Waals surface area (Å²) in [6.07, 6.45) is 2.05. The topological polar surface area (TPSA) is 72.2 Å². The molecule has 0 bridgehead atoms. The van der Waals surface area contributed by atoms with Gasteiger partial charge in [0, 0.05) is 28.1 Å². The van der Waals surface area contributed by atoms with E-state index in [1.807, 2.05) is 36.0 Å². The molecule has 1 aliphatic rings. The molecule has 1 heterocycles. The summed E-state index contributed by atoms with van der Waals surface area (Å²) in [7, 11) is -3.18. The van der Waals surface area contributed by atoms with Crippen LogP contribution >= 0.6 is 23.5 Å². The number of benzene rings is 1. The van der Waals surface area contributed by atoms with Crippen LogP contribution in [-0.2, 0) is 10.0 Å². The molecule has 2 rings (SSSR count). The smallest absolute Gasteiger partial charge is 0.212 e. The Bertz CT molecular complexity index is 528. The molecular weight excluding hydrogens is 312 g/mol. The third kappa shape index (κ3) is 5.55. The van der Waals surface area contributed by atoms with Crippen LogP contribution in [0.1, 0.15) is 12.8 Å². The molecule has 1 unspecified atom stereocenters. The lowest BCUT2D eigenvalue weighted by Gasteiger charge is -2.22. The maximum atomic E-state index is 12.0. The van der Waals surface area contributed by atoms with E-state index in [1.54, 1.807) is 0 Å². The molecule has 20 heavy (non-hydrogen) atoms. The van der Waals surface area contributed by atoms with Crippen molar-refractivity contribution in [1.29, 1.82) is 0 Å². The highest BCUT2D eigenvalue weighted by molar-refractivity contribution is 8.00. The van der Waals surface area contributed by atoms with Crippen LogP contribution in [0.3, 0.4) is 0 Å². The first-order valence-electron chi connectivity index (χ1n) is 6.61. The molecule has 3 N–H and O–H groups in total. The molecule has 112 valence electrons. The largest absolute Gasteiger partial charge is 0.399 e. The monoisotopic (exact) mass is 332 g/mol. The van der Waals surface area contributed by atoms with E-state index in [2.05, 4.69) is 4.72 Å². The van der Waals surface area contributed by atoms with Gasteiger partial charge in [0.15, 0.2) is 0 Å². The van der Waals surface area contributed by atoms with E-state index < -0.39 is 10.0 Å². The minimum absolute atomic E-state index is 0.108. The molecule has 0 aromatic heterocycles. The van der Waals surface area contributed by atoms with Gasteiger partial charge in [-0.05, 0) is 36.8 Å². The Labute approximate surface area is 129 Å². The number of anilines is 1. The Kier molecular flexibility index (Phi) is 6.07. The van der Waals surface area contributed by atoms with Crippen molar-refractivity contribution < 1.29 is 8.42 Å². The first-order chi connectivity index (χ1) is 9.55. The zero-order valence-corrected chi connectivity index (χ0v) is 13.7. The van der Waals surface area contributed by atoms with Crippen LogP contribution in [0.2, 0.25) is 0 Å². The van der Waals surface area contributed by atoms with E-state index in [1.165, 1.54) is 11.8 Å². The number of rotatable bonds is 6. The van der Waals surface area contributed by atoms with Crippen molar-refractivity contribution in [3.8, 4) is 0 Å². The molecule has 0 radical (unpaired) electrons. The molecule has 1 aliphatic heterocycles. The standard InChI is InChI=1S/C13H20N2O2S3/c14-11-3-1-5-13(9-11)19-7-8-20(16,17)15-12-4-2-6-18-10-12/h1,3,5,9,12,15H,2,4,6-8,10,14H2. The Hall–Kier alpha value is -0.370. The van der Waals surface area contributed by atoms with E-state index in [9.17, 15) is 8.42 Å². The van der Waals surface area contributed by atoms with E-state index >= 15 is 0 Å². The third-order valence-electron chi connectivity index (χ3n) is 2.99. The molecular formula is C13H20N2O2S3. The van der Waals surface area contributed by atoms with Crippen LogP contribution in [0.5, 0.6) is 0 Å². The SMILES string of the molecule is Nc1cccc(SCCS(=O)(=O)NC2CCCSC2)c1. The van der Waals surface area contributed by atoms with Gasteiger partial charge in [0.05, 0.1) is 5.75 Å². The number of hydrogen-bond donors (Lipinski definition) is 2. The second-order valence-electron chi connectivity index (χ2n) is 4.77. The van der Waals surface area contributed by atoms with Crippen molar-refractivity contribution in [2.45, 2.75) is 23.8 Å². The average Bonchev–Trinajstić information content (AvgIpc) is 2.39. The molecule has 1 fully saturated rings. The van der Waals surface area contributed by atoms with Gasteiger partial charge in [0.1, 0.15) is 0 Å². The minimum atomic E-state index is -3.18. The first-order valence-corrected chi connectivity index (χ1v) is 10.4. The number of sulfonamides is 1. The van der Waals surface area contributed by atoms with Gasteiger partial charge in [0.25, 0.3) is 0 Å². The average molecular weight is 333 g/mol. The van der Waals surface area contributed by atoms with Crippen molar-refractivity contribution in [1.82, 2.24) is 4.72 Å². The minimum Gasteiger partial charge on any atom is -0.399 e. The predicted molar refractivity (Wildman–Crippen MR) is 88.8 cm³/mol. The number of hydrogen-bond acceptors (Lipinski definition) is 5. The van der Waals surface area contributed by atoms with Gasteiger partial charge >= 0.3 is 0 Å². The van der Waals surface area contributed by atoms with Gasteiger partial charge in [-0.25, -0.2) is 13.1 Å². The summed E-state index contributed by atoms with van der Waals surface area (Å²) in [5.74, 6) is 2.72. The van der Waals surface area contributed by atoms with Crippen molar-refractivity contribution >= 4 is 39.2 Å². The fraction of sp³-hybridized carbons (Fsp3) is 0.538. The quantitative estimate of drug-likeness (QED) is 0.617. The van der Waals surface area contributed by atoms with E-state index in [0.29, 0.717) is 11.4 Å². The number of nitrogen functional groups attached to an aromatic ring is 1. The lowest BCUT2D eigenvalue weighted by atomic mass is 10.2. The van der Waals surface area contributed by atoms with Crippen molar-refractivity contribution in [2.75, 3.05) is 28.7 Å². The van der Waals surface area contributed by atoms with Crippen molar-refractivity contribution in [2.24, 2.45) is 0 Å². The summed E-state index contributed by atoms with van der Waals surface area (Å²) in [6, 6.07) is 7.62. The first kappa shape index (κ1) is 16.0. The summed E-state index contributed by atoms with van der Waals surface area (Å²) in [5.41, 5.74) is 6.40. The van der Waals surface area contributed by atoms with Gasteiger partial charge in [0.2, 0.25) is 10.0 Å². The third-order valence-corrected chi connectivity index (χ3v) is 6.89. The lowest BCUT2D eigenvalue weighted by molar-refractivity contribution is 0.544. The Morgan fingerprint density at radius 1 is 1.45 bits per heavy atom. The summed E-state index contributed by atoms with van der Waals surface area (Å²) in [6.45, 7) is 0. The Morgan fingerprint density at radius 2 is 2.30 bits per heavy atom. The zero-order chi connectivity index (χ0) is 14.4. The van der Waals surface area contributed by atoms with Gasteiger partial charge in [-0.2, -0.15) is 11.8 Å². The van der Waals surface area contributed by atoms with Crippen LogP contribution in [-0.4, -0.2) is 37.5 Å². The normalized spacial score (nSPS) is 19.9. The summed E-state index contributed by atoms with van der Waals surface area (Å²) in [4.78, 5) is 1.01. The second-order valence-corrected chi connectivity index (χ2v) is 8.96. The number of nitrogens with one attached hydrogen (secondary N) is 1. The van der Waals surface area contributed by atoms with Crippen LogP contribution in [0.15, 0.2) is 29.2 Å². The van der Waals surface area contributed by atoms with Crippen molar-refractivity contribution in [3.63, 3.8) is 0 Å². The lowest BCUT2D eigenvalue weighted by Crippen LogP contribution is -2.39. The summed E-state index contributed by atoms with van der Waals surface area (Å²) in [5, 5.41) is 0. The molecule has 0 saturated carbocycles. The number of thioether (sulfide) groups is 2. The molecule has 0 amide bonds. The predicted octanol–water partition coefficient (Wildman–Crippen LogP) is 2.18. The molecule has 1 atom stereocenters. The van der Waals surface area contributed by atoms with Gasteiger partial charge in [-0.3, -0.25) is 0 Å². The van der Waals surface area contributed by atoms with Crippen LogP contribution < -0.4 is 10.5 Å². The highest BCUT2D eigenvalue weighted by atomic mass is 32.2. The zero-order valence-electron chi connectivity index (χ0n) is 11.2. The highest BCUT2D eigenvalue weighted by Gasteiger charge is 2.20. The molecule has 7 heteroatoms. The van der Waals surface area contributed by atoms with Crippen LogP contribution in [0.4, 0.5) is 5.69 Å². The van der Waals surface area contributed by atoms with E-state index in [4.69, 9.17) is 5.73 Å². The van der Waals surface area contributed by atoms with Gasteiger partial charge < -0.3 is 5.73 Å². The molecule has 1 aromatic carbocycles. The van der Waals surface area contributed by atoms with Gasteiger partial charge in [-0.15, -0.1) is 11.8 Å². The fourth-order valence-electron chi connectivity index (χ4n) is 2.02. The Balaban J connectivity index is 1.77. The van der Waals surface area contributed by atoms with E-state index in [-0.39, 0.29) is 11.8 Å². The van der Waals surface area contributed by atoms with Crippen molar-refractivity contribution in [3.05, 3.63) is 24.3 Å². The van der Waals surface area contributed by atoms with Crippen LogP contribution in [0.25, 0.3) is 0 Å². The maximum absolute atomic E-state index is 12.0. The second kappa shape index (κ2) is 7.59. The Morgan fingerprint density at radius 3 is 3.00 bits per heavy atom. The van der Waals surface area contributed by atoms with Crippen LogP contribution in [0, 0.1) is 0 Å². The van der Waals surface area contributed by atoms with Gasteiger partial charge in [-0.1, -0.05) is 6.07 Å². The molecule has 1 saturated heterocycles. The summed E-state index contributed by atoms with van der Waals surface area (Å²) < 4.78 is 26.8. The molecule has 4 nitrogen and oxygen atoms in total. The maximum Gasteiger partial charge on any atom is 0.212 e. The number of nitrogens with two attached hydrogens (primary N) is 1. The van der Waals surface area contributed by atoms with E-state index in [0.717, 1.165) is 29.2 Å². The summed E-state index contributed by atoms with van der Waals surface area (Å²) >= 11 is 3.34. The highest BCUT2D eigenvalue weighted by Crippen LogP contribution is 2.21. The molecule has 0 aliphatic carbocycles. The molecule has 0 spiro atoms.